The van der Waals surface area contributed by atoms with Crippen LogP contribution in [0.5, 0.6) is 0 Å². The predicted molar refractivity (Wildman–Crippen MR) is 75.1 cm³/mol. The van der Waals surface area contributed by atoms with Gasteiger partial charge >= 0.3 is 0 Å². The number of hydrogen-bond donors (Lipinski definition) is 4. The first-order chi connectivity index (χ1) is 9.49. The Kier molecular flexibility index (Phi) is 6.14. The number of carbonyl (C=O) groups excluding carboxylic acids is 2. The van der Waals surface area contributed by atoms with Gasteiger partial charge in [-0.15, -0.1) is 0 Å². The molecular weight excluding hydrogens is 260 g/mol. The average molecular weight is 280 g/mol. The number of carbonyl (C=O) groups is 2. The third-order valence-corrected chi connectivity index (χ3v) is 2.84. The van der Waals surface area contributed by atoms with Crippen LogP contribution in [0, 0.1) is 0 Å². The lowest BCUT2D eigenvalue weighted by atomic mass is 10.1. The van der Waals surface area contributed by atoms with E-state index in [1.807, 2.05) is 12.1 Å². The Morgan fingerprint density at radius 2 is 1.65 bits per heavy atom. The molecule has 20 heavy (non-hydrogen) atoms. The molecule has 1 rings (SSSR count). The van der Waals surface area contributed by atoms with Gasteiger partial charge in [0.25, 0.3) is 11.8 Å². The van der Waals surface area contributed by atoms with Gasteiger partial charge < -0.3 is 20.8 Å². The molecule has 0 fully saturated rings. The summed E-state index contributed by atoms with van der Waals surface area (Å²) in [6.45, 7) is 2.08. The van der Waals surface area contributed by atoms with Crippen molar-refractivity contribution in [3.8, 4) is 0 Å². The Hall–Kier alpha value is -1.92. The highest BCUT2D eigenvalue weighted by Crippen LogP contribution is 2.11. The average Bonchev–Trinajstić information content (AvgIpc) is 2.47. The molecule has 1 aromatic carbocycles. The van der Waals surface area contributed by atoms with Crippen molar-refractivity contribution >= 4 is 17.5 Å². The van der Waals surface area contributed by atoms with Gasteiger partial charge in [-0.05, 0) is 24.1 Å². The van der Waals surface area contributed by atoms with Crippen LogP contribution >= 0.6 is 0 Å². The molecule has 2 amide bonds. The molecule has 2 atom stereocenters. The molecule has 0 aliphatic heterocycles. The minimum absolute atomic E-state index is 0.498. The van der Waals surface area contributed by atoms with E-state index in [1.165, 1.54) is 7.05 Å². The van der Waals surface area contributed by atoms with Crippen LogP contribution < -0.4 is 10.6 Å². The van der Waals surface area contributed by atoms with Crippen molar-refractivity contribution in [1.82, 2.24) is 5.32 Å². The van der Waals surface area contributed by atoms with Gasteiger partial charge in [0, 0.05) is 12.7 Å². The zero-order valence-corrected chi connectivity index (χ0v) is 11.6. The van der Waals surface area contributed by atoms with Crippen molar-refractivity contribution in [2.24, 2.45) is 0 Å². The maximum absolute atomic E-state index is 11.7. The summed E-state index contributed by atoms with van der Waals surface area (Å²) < 4.78 is 0. The number of rotatable bonds is 6. The molecular formula is C14H20N2O4. The smallest absolute Gasteiger partial charge is 0.256 e. The highest BCUT2D eigenvalue weighted by Gasteiger charge is 2.29. The number of benzene rings is 1. The molecule has 0 unspecified atom stereocenters. The van der Waals surface area contributed by atoms with E-state index in [9.17, 15) is 19.8 Å². The molecule has 0 radical (unpaired) electrons. The van der Waals surface area contributed by atoms with Crippen LogP contribution in [0.4, 0.5) is 5.69 Å². The number of likely N-dealkylation sites (N-methyl/N-ethyl adjacent to an activating group) is 1. The van der Waals surface area contributed by atoms with E-state index >= 15 is 0 Å². The maximum atomic E-state index is 11.7. The van der Waals surface area contributed by atoms with Crippen molar-refractivity contribution in [2.45, 2.75) is 32.0 Å². The van der Waals surface area contributed by atoms with Crippen LogP contribution in [0.25, 0.3) is 0 Å². The molecule has 0 saturated carbocycles. The van der Waals surface area contributed by atoms with Crippen LogP contribution in [0.1, 0.15) is 18.9 Å². The number of nitrogens with one attached hydrogen (secondary N) is 2. The highest BCUT2D eigenvalue weighted by molar-refractivity contribution is 5.98. The quantitative estimate of drug-likeness (QED) is 0.591. The predicted octanol–water partition coefficient (Wildman–Crippen LogP) is 0.0454. The van der Waals surface area contributed by atoms with E-state index < -0.39 is 24.0 Å². The molecule has 6 nitrogen and oxygen atoms in total. The van der Waals surface area contributed by atoms with E-state index in [2.05, 4.69) is 17.6 Å². The minimum Gasteiger partial charge on any atom is -0.380 e. The number of aryl methyl sites for hydroxylation is 1. The van der Waals surface area contributed by atoms with Crippen LogP contribution in [0.2, 0.25) is 0 Å². The standard InChI is InChI=1S/C14H20N2O4/c1-3-4-9-5-7-10(8-6-9)16-14(20)12(18)11(17)13(19)15-2/h5-8,11-12,17-18H,3-4H2,1-2H3,(H,15,19)(H,16,20)/t11-,12-/m1/s1. The number of aliphatic hydroxyl groups excluding tert-OH is 2. The van der Waals surface area contributed by atoms with Gasteiger partial charge in [0.1, 0.15) is 0 Å². The lowest BCUT2D eigenvalue weighted by Crippen LogP contribution is -2.46. The highest BCUT2D eigenvalue weighted by atomic mass is 16.3. The normalized spacial score (nSPS) is 13.4. The largest absolute Gasteiger partial charge is 0.380 e. The van der Waals surface area contributed by atoms with Crippen molar-refractivity contribution in [3.63, 3.8) is 0 Å². The molecule has 1 aromatic rings. The van der Waals surface area contributed by atoms with Crippen LogP contribution in [-0.4, -0.2) is 41.3 Å². The van der Waals surface area contributed by atoms with Gasteiger partial charge in [-0.2, -0.15) is 0 Å². The van der Waals surface area contributed by atoms with Crippen LogP contribution in [0.3, 0.4) is 0 Å². The monoisotopic (exact) mass is 280 g/mol. The summed E-state index contributed by atoms with van der Waals surface area (Å²) in [6.07, 6.45) is -1.63. The fourth-order valence-corrected chi connectivity index (χ4v) is 1.69. The molecule has 0 aliphatic carbocycles. The van der Waals surface area contributed by atoms with Crippen molar-refractivity contribution < 1.29 is 19.8 Å². The van der Waals surface area contributed by atoms with E-state index in [0.29, 0.717) is 5.69 Å². The van der Waals surface area contributed by atoms with E-state index in [1.54, 1.807) is 12.1 Å². The Morgan fingerprint density at radius 1 is 1.10 bits per heavy atom. The number of anilines is 1. The van der Waals surface area contributed by atoms with Crippen LogP contribution in [-0.2, 0) is 16.0 Å². The second-order valence-electron chi connectivity index (χ2n) is 4.44. The molecule has 0 aliphatic rings. The zero-order valence-electron chi connectivity index (χ0n) is 11.6. The van der Waals surface area contributed by atoms with Crippen molar-refractivity contribution in [1.29, 1.82) is 0 Å². The fraction of sp³-hybridized carbons (Fsp3) is 0.429. The van der Waals surface area contributed by atoms with E-state index in [0.717, 1.165) is 18.4 Å². The molecule has 110 valence electrons. The minimum atomic E-state index is -1.81. The summed E-state index contributed by atoms with van der Waals surface area (Å²) in [5.74, 6) is -1.64. The maximum Gasteiger partial charge on any atom is 0.256 e. The lowest BCUT2D eigenvalue weighted by molar-refractivity contribution is -0.142. The third-order valence-electron chi connectivity index (χ3n) is 2.84. The van der Waals surface area contributed by atoms with Gasteiger partial charge in [-0.1, -0.05) is 25.5 Å². The molecule has 0 aromatic heterocycles. The summed E-state index contributed by atoms with van der Waals surface area (Å²) >= 11 is 0. The number of aliphatic hydroxyl groups is 2. The lowest BCUT2D eigenvalue weighted by Gasteiger charge is -2.16. The molecule has 0 bridgehead atoms. The zero-order chi connectivity index (χ0) is 15.1. The van der Waals surface area contributed by atoms with Gasteiger partial charge in [-0.3, -0.25) is 9.59 Å². The molecule has 6 heteroatoms. The van der Waals surface area contributed by atoms with Crippen molar-refractivity contribution in [2.75, 3.05) is 12.4 Å². The fourth-order valence-electron chi connectivity index (χ4n) is 1.69. The Labute approximate surface area is 117 Å². The van der Waals surface area contributed by atoms with Crippen molar-refractivity contribution in [3.05, 3.63) is 29.8 Å². The van der Waals surface area contributed by atoms with Gasteiger partial charge in [-0.25, -0.2) is 0 Å². The molecule has 0 heterocycles. The summed E-state index contributed by atoms with van der Waals surface area (Å²) in [4.78, 5) is 22.8. The first-order valence-electron chi connectivity index (χ1n) is 6.47. The first-order valence-corrected chi connectivity index (χ1v) is 6.47. The summed E-state index contributed by atoms with van der Waals surface area (Å²) in [5, 5.41) is 23.6. The first kappa shape index (κ1) is 16.1. The van der Waals surface area contributed by atoms with Gasteiger partial charge in [0.05, 0.1) is 0 Å². The Bertz CT molecular complexity index is 459. The SMILES string of the molecule is CCCc1ccc(NC(=O)[C@H](O)[C@@H](O)C(=O)NC)cc1. The summed E-state index contributed by atoms with van der Waals surface area (Å²) in [6, 6.07) is 7.17. The summed E-state index contributed by atoms with van der Waals surface area (Å²) in [5.41, 5.74) is 1.65. The number of amides is 2. The Balaban J connectivity index is 2.63. The van der Waals surface area contributed by atoms with E-state index in [-0.39, 0.29) is 0 Å². The second-order valence-corrected chi connectivity index (χ2v) is 4.44. The van der Waals surface area contributed by atoms with E-state index in [4.69, 9.17) is 0 Å². The molecule has 0 spiro atoms. The number of hydrogen-bond acceptors (Lipinski definition) is 4. The topological polar surface area (TPSA) is 98.7 Å². The molecule has 4 N–H and O–H groups in total. The second kappa shape index (κ2) is 7.62. The third kappa shape index (κ3) is 4.32. The summed E-state index contributed by atoms with van der Waals surface area (Å²) in [7, 11) is 1.31. The van der Waals surface area contributed by atoms with Gasteiger partial charge in [0.2, 0.25) is 0 Å². The van der Waals surface area contributed by atoms with Crippen LogP contribution in [0.15, 0.2) is 24.3 Å². The Morgan fingerprint density at radius 3 is 2.15 bits per heavy atom. The molecule has 0 saturated heterocycles. The van der Waals surface area contributed by atoms with Gasteiger partial charge in [0.15, 0.2) is 12.2 Å².